The van der Waals surface area contributed by atoms with E-state index in [2.05, 4.69) is 21.3 Å². The Morgan fingerprint density at radius 1 is 0.387 bits per heavy atom. The molecule has 75 heavy (non-hydrogen) atoms. The molecule has 22 heteroatoms. The average Bonchev–Trinajstić information content (AvgIpc) is 3.44. The normalized spacial score (nSPS) is 10.6. The van der Waals surface area contributed by atoms with Crippen molar-refractivity contribution in [1.29, 1.82) is 0 Å². The Balaban J connectivity index is -0.000000515. The maximum absolute atomic E-state index is 13.5. The topological polar surface area (TPSA) is 359 Å². The minimum absolute atomic E-state index is 0.0101. The van der Waals surface area contributed by atoms with E-state index in [1.165, 1.54) is 20.8 Å². The van der Waals surface area contributed by atoms with Crippen molar-refractivity contribution in [2.45, 2.75) is 168 Å². The lowest BCUT2D eigenvalue weighted by Crippen LogP contribution is -2.46. The fourth-order valence-electron chi connectivity index (χ4n) is 6.92. The number of rotatable bonds is 25. The van der Waals surface area contributed by atoms with Crippen LogP contribution in [0, 0.1) is 48.5 Å². The summed E-state index contributed by atoms with van der Waals surface area (Å²) in [4.78, 5) is 77.3. The minimum Gasteiger partial charge on any atom is -0.394 e. The van der Waals surface area contributed by atoms with Crippen LogP contribution in [0.2, 0.25) is 0 Å². The Labute approximate surface area is 447 Å². The van der Waals surface area contributed by atoms with E-state index in [1.54, 1.807) is 27.7 Å². The first-order valence-electron chi connectivity index (χ1n) is 25.8. The molecule has 6 amide bonds. The van der Waals surface area contributed by atoms with Crippen molar-refractivity contribution in [2.24, 2.45) is 0 Å². The van der Waals surface area contributed by atoms with Gasteiger partial charge in [-0.3, -0.25) is 28.8 Å². The summed E-state index contributed by atoms with van der Waals surface area (Å²) in [6, 6.07) is -3.60. The lowest BCUT2D eigenvalue weighted by Gasteiger charge is -2.32. The van der Waals surface area contributed by atoms with Crippen molar-refractivity contribution in [3.05, 3.63) is 55.6 Å². The molecular formula is C53H100N6O16. The number of hydrogen-bond acceptors (Lipinski definition) is 16. The van der Waals surface area contributed by atoms with Crippen molar-refractivity contribution < 1.29 is 79.8 Å². The lowest BCUT2D eigenvalue weighted by atomic mass is 9.89. The Hall–Kier alpha value is -5.14. The summed E-state index contributed by atoms with van der Waals surface area (Å²) in [6.45, 7) is 30.0. The number of aliphatic hydroxyl groups is 10. The number of carbonyl (C=O) groups is 6. The molecule has 14 N–H and O–H groups in total. The summed E-state index contributed by atoms with van der Waals surface area (Å²) in [5.41, 5.74) is 2.79. The van der Waals surface area contributed by atoms with E-state index in [1.807, 2.05) is 83.1 Å². The van der Waals surface area contributed by atoms with E-state index in [0.717, 1.165) is 9.80 Å². The molecule has 0 radical (unpaired) electrons. The standard InChI is InChI=1S/C37H55N5O13.C4H9NO3.6C2H6/c1-18-19(2)30(35(53)38-25(10-43)11-44)22(5)33(20(18)3)41(16-49)8-28(51)29(52)9-42(17-50)34-23(6)31(36(54)39-26(12-45)13-46)21(4)32(24(34)7)37(55)40-27(14-47)15-48;6-1-4(2-7)5-3-8;6*1-2/h16-17,25-29,43-48,51-52H,8-15H2,1-7H3,(H,38,53)(H,39,54)(H,40,55);3-4,6-7H,1-2H2,(H,5,8);6*1-2H3. The van der Waals surface area contributed by atoms with Crippen molar-refractivity contribution >= 4 is 48.3 Å². The number of hydrogen-bond donors (Lipinski definition) is 14. The van der Waals surface area contributed by atoms with E-state index in [9.17, 15) is 69.6 Å². The zero-order valence-corrected chi connectivity index (χ0v) is 48.6. The number of nitrogens with one attached hydrogen (secondary N) is 4. The SMILES string of the molecule is CC.CC.CC.CC.CC.CC.Cc1c(C)c(C(=O)NC(CO)CO)c(C)c(N(C=O)CC(O)C(O)CN(C=O)c2c(C)c(C(=O)NC(CO)CO)c(C)c(C(=O)NC(CO)CO)c2C)c1C.O=CNC(CO)CO. The Morgan fingerprint density at radius 3 is 0.840 bits per heavy atom. The molecule has 438 valence electrons. The molecule has 0 aromatic heterocycles. The van der Waals surface area contributed by atoms with Crippen LogP contribution in [0.5, 0.6) is 0 Å². The van der Waals surface area contributed by atoms with E-state index in [-0.39, 0.29) is 58.0 Å². The van der Waals surface area contributed by atoms with Crippen LogP contribution in [0.1, 0.15) is 153 Å². The smallest absolute Gasteiger partial charge is 0.252 e. The molecule has 0 fully saturated rings. The fraction of sp³-hybridized carbons (Fsp3) is 0.660. The van der Waals surface area contributed by atoms with Crippen LogP contribution in [0.25, 0.3) is 0 Å². The molecule has 2 rings (SSSR count). The van der Waals surface area contributed by atoms with Crippen molar-refractivity contribution in [3.8, 4) is 0 Å². The van der Waals surface area contributed by atoms with Crippen LogP contribution in [0.4, 0.5) is 11.4 Å². The highest BCUT2D eigenvalue weighted by Gasteiger charge is 2.32. The van der Waals surface area contributed by atoms with Gasteiger partial charge in [-0.25, -0.2) is 0 Å². The predicted molar refractivity (Wildman–Crippen MR) is 296 cm³/mol. The van der Waals surface area contributed by atoms with Crippen LogP contribution >= 0.6 is 0 Å². The zero-order valence-electron chi connectivity index (χ0n) is 48.6. The maximum atomic E-state index is 13.5. The Morgan fingerprint density at radius 2 is 0.627 bits per heavy atom. The number of aliphatic hydroxyl groups excluding tert-OH is 10. The second-order valence-corrected chi connectivity index (χ2v) is 14.8. The quantitative estimate of drug-likeness (QED) is 0.0629. The number of anilines is 2. The highest BCUT2D eigenvalue weighted by molar-refractivity contribution is 6.07. The second-order valence-electron chi connectivity index (χ2n) is 14.8. The van der Waals surface area contributed by atoms with Gasteiger partial charge in [0.2, 0.25) is 19.2 Å². The minimum atomic E-state index is -1.74. The van der Waals surface area contributed by atoms with Gasteiger partial charge in [0, 0.05) is 16.7 Å². The molecule has 2 aromatic carbocycles. The maximum Gasteiger partial charge on any atom is 0.252 e. The predicted octanol–water partition coefficient (Wildman–Crippen LogP) is 1.68. The van der Waals surface area contributed by atoms with Gasteiger partial charge in [0.1, 0.15) is 0 Å². The van der Waals surface area contributed by atoms with E-state index < -0.39 is 107 Å². The molecule has 0 spiro atoms. The molecule has 0 heterocycles. The highest BCUT2D eigenvalue weighted by Crippen LogP contribution is 2.36. The molecule has 2 aromatic rings. The number of amides is 6. The van der Waals surface area contributed by atoms with Gasteiger partial charge < -0.3 is 82.1 Å². The summed E-state index contributed by atoms with van der Waals surface area (Å²) >= 11 is 0. The van der Waals surface area contributed by atoms with Crippen molar-refractivity contribution in [1.82, 2.24) is 21.3 Å². The summed E-state index contributed by atoms with van der Waals surface area (Å²) in [5.74, 6) is -2.25. The average molecular weight is 1080 g/mol. The van der Waals surface area contributed by atoms with Gasteiger partial charge in [0.05, 0.1) is 114 Å². The van der Waals surface area contributed by atoms with Gasteiger partial charge in [0.25, 0.3) is 17.7 Å². The highest BCUT2D eigenvalue weighted by atomic mass is 16.3. The third-order valence-corrected chi connectivity index (χ3v) is 10.6. The molecule has 0 aliphatic heterocycles. The third-order valence-electron chi connectivity index (χ3n) is 10.6. The van der Waals surface area contributed by atoms with E-state index in [4.69, 9.17) is 10.2 Å². The molecule has 0 aliphatic rings. The monoisotopic (exact) mass is 1080 g/mol. The molecule has 0 saturated carbocycles. The molecule has 2 atom stereocenters. The van der Waals surface area contributed by atoms with Gasteiger partial charge in [-0.15, -0.1) is 0 Å². The van der Waals surface area contributed by atoms with Crippen LogP contribution in [0.15, 0.2) is 0 Å². The summed E-state index contributed by atoms with van der Waals surface area (Å²) in [6.07, 6.45) is -2.29. The van der Waals surface area contributed by atoms with Gasteiger partial charge in [-0.1, -0.05) is 83.1 Å². The number of nitrogens with zero attached hydrogens (tertiary/aromatic N) is 2. The third kappa shape index (κ3) is 25.5. The van der Waals surface area contributed by atoms with E-state index in [0.29, 0.717) is 41.5 Å². The van der Waals surface area contributed by atoms with Gasteiger partial charge in [-0.2, -0.15) is 0 Å². The molecular weight excluding hydrogens is 977 g/mol. The number of carbonyl (C=O) groups excluding carboxylic acids is 6. The van der Waals surface area contributed by atoms with Gasteiger partial charge >= 0.3 is 0 Å². The lowest BCUT2D eigenvalue weighted by molar-refractivity contribution is -0.111. The van der Waals surface area contributed by atoms with Crippen LogP contribution < -0.4 is 31.1 Å². The Kier molecular flexibility index (Phi) is 52.5. The second kappa shape index (κ2) is 48.5. The molecule has 0 saturated heterocycles. The molecule has 0 bridgehead atoms. The fourth-order valence-corrected chi connectivity index (χ4v) is 6.92. The molecule has 22 nitrogen and oxygen atoms in total. The summed E-state index contributed by atoms with van der Waals surface area (Å²) in [5, 5.41) is 106. The van der Waals surface area contributed by atoms with Crippen LogP contribution in [0.3, 0.4) is 0 Å². The first-order chi connectivity index (χ1) is 35.8. The zero-order chi connectivity index (χ0) is 60.3. The van der Waals surface area contributed by atoms with E-state index >= 15 is 0 Å². The van der Waals surface area contributed by atoms with Crippen molar-refractivity contribution in [3.63, 3.8) is 0 Å². The summed E-state index contributed by atoms with van der Waals surface area (Å²) in [7, 11) is 0. The first-order valence-corrected chi connectivity index (χ1v) is 25.8. The number of benzene rings is 2. The van der Waals surface area contributed by atoms with Gasteiger partial charge in [-0.05, 0) is 87.4 Å². The molecule has 2 unspecified atom stereocenters. The van der Waals surface area contributed by atoms with Crippen LogP contribution in [-0.4, -0.2) is 190 Å². The van der Waals surface area contributed by atoms with Gasteiger partial charge in [0.15, 0.2) is 0 Å². The van der Waals surface area contributed by atoms with Crippen molar-refractivity contribution in [2.75, 3.05) is 75.7 Å². The largest absolute Gasteiger partial charge is 0.394 e. The van der Waals surface area contributed by atoms with Crippen LogP contribution in [-0.2, 0) is 14.4 Å². The molecule has 0 aliphatic carbocycles. The summed E-state index contributed by atoms with van der Waals surface area (Å²) < 4.78 is 0. The first kappa shape index (κ1) is 81.2. The Bertz CT molecular complexity index is 1820.